The summed E-state index contributed by atoms with van der Waals surface area (Å²) in [4.78, 5) is 22.8. The Morgan fingerprint density at radius 3 is 2.80 bits per heavy atom. The van der Waals surface area contributed by atoms with Crippen LogP contribution in [0.2, 0.25) is 0 Å². The molecule has 1 aliphatic rings. The van der Waals surface area contributed by atoms with Crippen LogP contribution in [-0.2, 0) is 24.2 Å². The summed E-state index contributed by atoms with van der Waals surface area (Å²) < 4.78 is 27.2. The van der Waals surface area contributed by atoms with Gasteiger partial charge in [-0.1, -0.05) is 0 Å². The number of hydrogen-bond acceptors (Lipinski definition) is 5. The fourth-order valence-electron chi connectivity index (χ4n) is 1.55. The molecule has 0 aliphatic carbocycles. The third-order valence-electron chi connectivity index (χ3n) is 2.27. The minimum absolute atomic E-state index is 0.0192. The standard InChI is InChI=1S/C9H14O5S/c1-2-14-9(11)7-4-3-5-15(12,13)6-8(7)10/h7H,2-6H2,1H3. The largest absolute Gasteiger partial charge is 0.465 e. The molecular weight excluding hydrogens is 220 g/mol. The van der Waals surface area contributed by atoms with E-state index < -0.39 is 33.3 Å². The van der Waals surface area contributed by atoms with Gasteiger partial charge in [-0.3, -0.25) is 9.59 Å². The Bertz CT molecular complexity index is 357. The summed E-state index contributed by atoms with van der Waals surface area (Å²) in [5, 5.41) is 0. The molecule has 1 unspecified atom stereocenters. The van der Waals surface area contributed by atoms with Gasteiger partial charge >= 0.3 is 5.97 Å². The van der Waals surface area contributed by atoms with Crippen molar-refractivity contribution in [2.45, 2.75) is 19.8 Å². The number of ether oxygens (including phenoxy) is 1. The molecule has 1 rings (SSSR count). The molecular formula is C9H14O5S. The van der Waals surface area contributed by atoms with Gasteiger partial charge in [-0.2, -0.15) is 0 Å². The molecule has 0 radical (unpaired) electrons. The van der Waals surface area contributed by atoms with Gasteiger partial charge in [-0.05, 0) is 19.8 Å². The van der Waals surface area contributed by atoms with Gasteiger partial charge in [0.15, 0.2) is 15.6 Å². The minimum Gasteiger partial charge on any atom is -0.465 e. The summed E-state index contributed by atoms with van der Waals surface area (Å²) in [6.07, 6.45) is 0.619. The van der Waals surface area contributed by atoms with E-state index in [-0.39, 0.29) is 18.8 Å². The van der Waals surface area contributed by atoms with Gasteiger partial charge in [-0.15, -0.1) is 0 Å². The molecule has 0 aromatic heterocycles. The normalized spacial score (nSPS) is 25.7. The molecule has 1 saturated heterocycles. The summed E-state index contributed by atoms with van der Waals surface area (Å²) in [7, 11) is -3.31. The smallest absolute Gasteiger partial charge is 0.316 e. The highest BCUT2D eigenvalue weighted by molar-refractivity contribution is 7.92. The van der Waals surface area contributed by atoms with Crippen LogP contribution in [0, 0.1) is 5.92 Å². The molecule has 0 saturated carbocycles. The van der Waals surface area contributed by atoms with Crippen molar-refractivity contribution in [2.75, 3.05) is 18.1 Å². The first-order valence-corrected chi connectivity index (χ1v) is 6.68. The number of Topliss-reactive ketones (excluding diaryl/α,β-unsaturated/α-hetero) is 1. The molecule has 1 aliphatic heterocycles. The van der Waals surface area contributed by atoms with Crippen LogP contribution in [0.15, 0.2) is 0 Å². The fourth-order valence-corrected chi connectivity index (χ4v) is 2.94. The number of esters is 1. The lowest BCUT2D eigenvalue weighted by Gasteiger charge is -2.10. The maximum absolute atomic E-state index is 11.5. The van der Waals surface area contributed by atoms with Crippen molar-refractivity contribution < 1.29 is 22.7 Å². The predicted molar refractivity (Wildman–Crippen MR) is 53.0 cm³/mol. The lowest BCUT2D eigenvalue weighted by Crippen LogP contribution is -2.28. The number of rotatable bonds is 2. The number of hydrogen-bond donors (Lipinski definition) is 0. The van der Waals surface area contributed by atoms with E-state index in [1.54, 1.807) is 6.92 Å². The van der Waals surface area contributed by atoms with Crippen LogP contribution in [0.25, 0.3) is 0 Å². The van der Waals surface area contributed by atoms with E-state index in [1.165, 1.54) is 0 Å². The molecule has 0 aromatic rings. The van der Waals surface area contributed by atoms with Gasteiger partial charge in [0.1, 0.15) is 11.7 Å². The molecule has 6 heteroatoms. The van der Waals surface area contributed by atoms with Crippen LogP contribution in [0.5, 0.6) is 0 Å². The van der Waals surface area contributed by atoms with Crippen molar-refractivity contribution >= 4 is 21.6 Å². The molecule has 0 amide bonds. The van der Waals surface area contributed by atoms with Crippen LogP contribution in [0.4, 0.5) is 0 Å². The minimum atomic E-state index is -3.31. The lowest BCUT2D eigenvalue weighted by atomic mass is 10.00. The molecule has 0 bridgehead atoms. The molecule has 0 N–H and O–H groups in total. The number of carbonyl (C=O) groups is 2. The highest BCUT2D eigenvalue weighted by atomic mass is 32.2. The van der Waals surface area contributed by atoms with Crippen LogP contribution in [0.3, 0.4) is 0 Å². The average Bonchev–Trinajstić information content (AvgIpc) is 2.23. The van der Waals surface area contributed by atoms with E-state index in [1.807, 2.05) is 0 Å². The molecule has 1 fully saturated rings. The van der Waals surface area contributed by atoms with E-state index in [9.17, 15) is 18.0 Å². The summed E-state index contributed by atoms with van der Waals surface area (Å²) >= 11 is 0. The third kappa shape index (κ3) is 3.30. The summed E-state index contributed by atoms with van der Waals surface area (Å²) in [6.45, 7) is 1.85. The van der Waals surface area contributed by atoms with Crippen LogP contribution >= 0.6 is 0 Å². The van der Waals surface area contributed by atoms with Crippen molar-refractivity contribution in [2.24, 2.45) is 5.92 Å². The Hall–Kier alpha value is -0.910. The Morgan fingerprint density at radius 1 is 1.53 bits per heavy atom. The molecule has 1 atom stereocenters. The maximum atomic E-state index is 11.5. The van der Waals surface area contributed by atoms with Crippen molar-refractivity contribution in [1.29, 1.82) is 0 Å². The fraction of sp³-hybridized carbons (Fsp3) is 0.778. The summed E-state index contributed by atoms with van der Waals surface area (Å²) in [5.41, 5.74) is 0. The monoisotopic (exact) mass is 234 g/mol. The quantitative estimate of drug-likeness (QED) is 0.494. The lowest BCUT2D eigenvalue weighted by molar-refractivity contribution is -0.151. The first-order valence-electron chi connectivity index (χ1n) is 4.86. The SMILES string of the molecule is CCOC(=O)C1CCCS(=O)(=O)CC1=O. The van der Waals surface area contributed by atoms with Gasteiger partial charge in [0, 0.05) is 0 Å². The second-order valence-corrected chi connectivity index (χ2v) is 5.69. The van der Waals surface area contributed by atoms with Gasteiger partial charge in [-0.25, -0.2) is 8.42 Å². The topological polar surface area (TPSA) is 77.5 Å². The van der Waals surface area contributed by atoms with Crippen LogP contribution in [0.1, 0.15) is 19.8 Å². The van der Waals surface area contributed by atoms with E-state index in [2.05, 4.69) is 0 Å². The van der Waals surface area contributed by atoms with E-state index in [0.717, 1.165) is 0 Å². The van der Waals surface area contributed by atoms with E-state index in [0.29, 0.717) is 6.42 Å². The highest BCUT2D eigenvalue weighted by Crippen LogP contribution is 2.17. The Morgan fingerprint density at radius 2 is 2.20 bits per heavy atom. The van der Waals surface area contributed by atoms with Gasteiger partial charge < -0.3 is 4.74 Å². The third-order valence-corrected chi connectivity index (χ3v) is 3.91. The summed E-state index contributed by atoms with van der Waals surface area (Å²) in [5.74, 6) is -2.57. The molecule has 0 aromatic carbocycles. The number of sulfone groups is 1. The second-order valence-electron chi connectivity index (χ2n) is 3.51. The molecule has 0 spiro atoms. The van der Waals surface area contributed by atoms with Crippen molar-refractivity contribution in [3.05, 3.63) is 0 Å². The van der Waals surface area contributed by atoms with Crippen molar-refractivity contribution in [3.63, 3.8) is 0 Å². The summed E-state index contributed by atoms with van der Waals surface area (Å²) in [6, 6.07) is 0. The number of carbonyl (C=O) groups excluding carboxylic acids is 2. The van der Waals surface area contributed by atoms with E-state index >= 15 is 0 Å². The van der Waals surface area contributed by atoms with Gasteiger partial charge in [0.2, 0.25) is 0 Å². The predicted octanol–water partition coefficient (Wildman–Crippen LogP) is -0.0566. The van der Waals surface area contributed by atoms with Crippen molar-refractivity contribution in [1.82, 2.24) is 0 Å². The Kier molecular flexibility index (Phi) is 3.84. The first kappa shape index (κ1) is 12.2. The van der Waals surface area contributed by atoms with Crippen LogP contribution < -0.4 is 0 Å². The Balaban J connectivity index is 2.76. The number of ketones is 1. The Labute approximate surface area is 88.7 Å². The van der Waals surface area contributed by atoms with Gasteiger partial charge in [0.25, 0.3) is 0 Å². The van der Waals surface area contributed by atoms with E-state index in [4.69, 9.17) is 4.74 Å². The first-order chi connectivity index (χ1) is 6.96. The van der Waals surface area contributed by atoms with Crippen LogP contribution in [-0.4, -0.2) is 38.3 Å². The van der Waals surface area contributed by atoms with Gasteiger partial charge in [0.05, 0.1) is 12.4 Å². The molecule has 86 valence electrons. The average molecular weight is 234 g/mol. The zero-order chi connectivity index (χ0) is 11.5. The van der Waals surface area contributed by atoms with Crippen molar-refractivity contribution in [3.8, 4) is 0 Å². The molecule has 15 heavy (non-hydrogen) atoms. The molecule has 5 nitrogen and oxygen atoms in total. The second kappa shape index (κ2) is 4.74. The molecule has 1 heterocycles. The zero-order valence-electron chi connectivity index (χ0n) is 8.56. The highest BCUT2D eigenvalue weighted by Gasteiger charge is 2.33. The maximum Gasteiger partial charge on any atom is 0.316 e. The zero-order valence-corrected chi connectivity index (χ0v) is 9.38.